The van der Waals surface area contributed by atoms with Gasteiger partial charge in [0.15, 0.2) is 24.8 Å². The SMILES string of the molecule is C=C(C)C(=O)OCC(COC(CC)OCC1COC(=O)O1)OC(CC)OCC1COC(=O)O1. The van der Waals surface area contributed by atoms with Gasteiger partial charge in [-0.3, -0.25) is 0 Å². The Bertz CT molecular complexity index is 666. The van der Waals surface area contributed by atoms with Crippen molar-refractivity contribution in [3.63, 3.8) is 0 Å². The first-order valence-corrected chi connectivity index (χ1v) is 10.8. The van der Waals surface area contributed by atoms with Gasteiger partial charge in [-0.25, -0.2) is 14.4 Å². The highest BCUT2D eigenvalue weighted by atomic mass is 16.8. The molecule has 0 saturated carbocycles. The molecule has 2 rings (SSSR count). The summed E-state index contributed by atoms with van der Waals surface area (Å²) < 4.78 is 47.5. The van der Waals surface area contributed by atoms with Crippen molar-refractivity contribution >= 4 is 18.3 Å². The third-order valence-corrected chi connectivity index (χ3v) is 4.46. The van der Waals surface area contributed by atoms with Gasteiger partial charge in [0.2, 0.25) is 0 Å². The molecule has 0 aliphatic carbocycles. The van der Waals surface area contributed by atoms with Crippen molar-refractivity contribution in [1.82, 2.24) is 0 Å². The van der Waals surface area contributed by atoms with Gasteiger partial charge in [-0.2, -0.15) is 0 Å². The van der Waals surface area contributed by atoms with Gasteiger partial charge in [0.1, 0.15) is 25.9 Å². The summed E-state index contributed by atoms with van der Waals surface area (Å²) in [5, 5.41) is 0. The van der Waals surface area contributed by atoms with Gasteiger partial charge in [0.25, 0.3) is 0 Å². The minimum Gasteiger partial charge on any atom is -0.459 e. The van der Waals surface area contributed by atoms with Crippen molar-refractivity contribution in [3.05, 3.63) is 12.2 Å². The summed E-state index contributed by atoms with van der Waals surface area (Å²) >= 11 is 0. The topological polar surface area (TPSA) is 134 Å². The zero-order valence-corrected chi connectivity index (χ0v) is 19.1. The minimum absolute atomic E-state index is 0.0321. The Morgan fingerprint density at radius 2 is 1.48 bits per heavy atom. The molecule has 0 bridgehead atoms. The van der Waals surface area contributed by atoms with Crippen LogP contribution in [0.5, 0.6) is 0 Å². The molecule has 0 spiro atoms. The Morgan fingerprint density at radius 1 is 0.939 bits per heavy atom. The number of rotatable bonds is 16. The molecule has 12 nitrogen and oxygen atoms in total. The first-order chi connectivity index (χ1) is 15.8. The molecular weight excluding hydrogens is 444 g/mol. The first-order valence-electron chi connectivity index (χ1n) is 10.8. The van der Waals surface area contributed by atoms with Crippen LogP contribution in [0.15, 0.2) is 12.2 Å². The van der Waals surface area contributed by atoms with Gasteiger partial charge in [0, 0.05) is 5.57 Å². The van der Waals surface area contributed by atoms with E-state index in [1.807, 2.05) is 13.8 Å². The predicted octanol–water partition coefficient (Wildman–Crippen LogP) is 2.08. The average Bonchev–Trinajstić information content (AvgIpc) is 3.41. The molecule has 0 aromatic carbocycles. The molecule has 0 aromatic rings. The molecule has 5 atom stereocenters. The fraction of sp³-hybridized carbons (Fsp3) is 0.762. The van der Waals surface area contributed by atoms with Gasteiger partial charge in [-0.05, 0) is 19.8 Å². The Morgan fingerprint density at radius 3 is 1.94 bits per heavy atom. The molecule has 2 aliphatic heterocycles. The van der Waals surface area contributed by atoms with E-state index >= 15 is 0 Å². The van der Waals surface area contributed by atoms with E-state index in [0.717, 1.165) is 0 Å². The van der Waals surface area contributed by atoms with Gasteiger partial charge in [-0.15, -0.1) is 0 Å². The summed E-state index contributed by atoms with van der Waals surface area (Å²) in [6.45, 7) is 9.17. The van der Waals surface area contributed by atoms with Gasteiger partial charge in [0.05, 0.1) is 19.8 Å². The number of hydrogen-bond acceptors (Lipinski definition) is 12. The highest BCUT2D eigenvalue weighted by Crippen LogP contribution is 2.14. The fourth-order valence-corrected chi connectivity index (χ4v) is 2.71. The van der Waals surface area contributed by atoms with Crippen LogP contribution in [0.25, 0.3) is 0 Å². The molecule has 2 heterocycles. The molecule has 33 heavy (non-hydrogen) atoms. The lowest BCUT2D eigenvalue weighted by Crippen LogP contribution is -2.36. The lowest BCUT2D eigenvalue weighted by molar-refractivity contribution is -0.224. The number of cyclic esters (lactones) is 4. The summed E-state index contributed by atoms with van der Waals surface area (Å²) in [4.78, 5) is 33.9. The van der Waals surface area contributed by atoms with Crippen molar-refractivity contribution in [2.24, 2.45) is 0 Å². The monoisotopic (exact) mass is 476 g/mol. The zero-order chi connectivity index (χ0) is 24.2. The molecule has 2 saturated heterocycles. The van der Waals surface area contributed by atoms with Crippen LogP contribution in [0.3, 0.4) is 0 Å². The first kappa shape index (κ1) is 26.8. The van der Waals surface area contributed by atoms with Crippen LogP contribution in [-0.4, -0.2) is 88.8 Å². The normalized spacial score (nSPS) is 22.5. The van der Waals surface area contributed by atoms with E-state index in [9.17, 15) is 14.4 Å². The third kappa shape index (κ3) is 9.95. The number of carbonyl (C=O) groups excluding carboxylic acids is 3. The van der Waals surface area contributed by atoms with Gasteiger partial charge >= 0.3 is 18.3 Å². The number of esters is 1. The lowest BCUT2D eigenvalue weighted by atomic mass is 10.3. The lowest BCUT2D eigenvalue weighted by Gasteiger charge is -2.26. The molecule has 5 unspecified atom stereocenters. The number of ether oxygens (including phenoxy) is 9. The van der Waals surface area contributed by atoms with E-state index < -0.39 is 49.2 Å². The quantitative estimate of drug-likeness (QED) is 0.140. The van der Waals surface area contributed by atoms with Crippen LogP contribution in [0.2, 0.25) is 0 Å². The average molecular weight is 476 g/mol. The fourth-order valence-electron chi connectivity index (χ4n) is 2.71. The second-order valence-electron chi connectivity index (χ2n) is 7.41. The highest BCUT2D eigenvalue weighted by Gasteiger charge is 2.28. The maximum atomic E-state index is 11.8. The van der Waals surface area contributed by atoms with E-state index in [1.54, 1.807) is 0 Å². The van der Waals surface area contributed by atoms with E-state index in [0.29, 0.717) is 12.8 Å². The molecule has 0 aromatic heterocycles. The molecule has 2 aliphatic rings. The Hall–Kier alpha value is -2.41. The Labute approximate surface area is 192 Å². The second kappa shape index (κ2) is 14.0. The summed E-state index contributed by atoms with van der Waals surface area (Å²) in [6.07, 6.45) is -3.43. The summed E-state index contributed by atoms with van der Waals surface area (Å²) in [5.74, 6) is -0.557. The predicted molar refractivity (Wildman–Crippen MR) is 109 cm³/mol. The summed E-state index contributed by atoms with van der Waals surface area (Å²) in [7, 11) is 0. The molecule has 12 heteroatoms. The highest BCUT2D eigenvalue weighted by molar-refractivity contribution is 5.86. The summed E-state index contributed by atoms with van der Waals surface area (Å²) in [6, 6.07) is 0. The van der Waals surface area contributed by atoms with E-state index in [4.69, 9.17) is 42.6 Å². The number of hydrogen-bond donors (Lipinski definition) is 0. The van der Waals surface area contributed by atoms with Crippen molar-refractivity contribution in [1.29, 1.82) is 0 Å². The van der Waals surface area contributed by atoms with Crippen LogP contribution in [0.4, 0.5) is 9.59 Å². The standard InChI is InChI=1S/C21H32O12/c1-5-17(26-8-15-11-29-20(23)32-15)25-7-14(10-28-19(22)13(3)4)31-18(6-2)27-9-16-12-30-21(24)33-16/h14-18H,3,5-12H2,1-2,4H3. The number of carbonyl (C=O) groups is 3. The molecule has 2 fully saturated rings. The van der Waals surface area contributed by atoms with Crippen LogP contribution >= 0.6 is 0 Å². The van der Waals surface area contributed by atoms with Crippen molar-refractivity contribution in [2.45, 2.75) is 64.5 Å². The maximum absolute atomic E-state index is 11.8. The Kier molecular flexibility index (Phi) is 11.4. The molecule has 188 valence electrons. The van der Waals surface area contributed by atoms with E-state index in [-0.39, 0.29) is 45.2 Å². The van der Waals surface area contributed by atoms with E-state index in [1.165, 1.54) is 6.92 Å². The van der Waals surface area contributed by atoms with E-state index in [2.05, 4.69) is 6.58 Å². The summed E-state index contributed by atoms with van der Waals surface area (Å²) in [5.41, 5.74) is 0.254. The van der Waals surface area contributed by atoms with Crippen LogP contribution in [-0.2, 0) is 47.4 Å². The molecule has 0 amide bonds. The minimum atomic E-state index is -0.736. The van der Waals surface area contributed by atoms with Crippen molar-refractivity contribution in [2.75, 3.05) is 39.6 Å². The van der Waals surface area contributed by atoms with Gasteiger partial charge in [-0.1, -0.05) is 20.4 Å². The maximum Gasteiger partial charge on any atom is 0.508 e. The van der Waals surface area contributed by atoms with Gasteiger partial charge < -0.3 is 42.6 Å². The van der Waals surface area contributed by atoms with Crippen molar-refractivity contribution < 1.29 is 57.0 Å². The third-order valence-electron chi connectivity index (χ3n) is 4.46. The molecular formula is C21H32O12. The largest absolute Gasteiger partial charge is 0.508 e. The zero-order valence-electron chi connectivity index (χ0n) is 19.1. The van der Waals surface area contributed by atoms with Crippen molar-refractivity contribution in [3.8, 4) is 0 Å². The van der Waals surface area contributed by atoms with Crippen LogP contribution in [0.1, 0.15) is 33.6 Å². The smallest absolute Gasteiger partial charge is 0.459 e. The Balaban J connectivity index is 1.84. The molecule has 0 radical (unpaired) electrons. The second-order valence-corrected chi connectivity index (χ2v) is 7.41. The van der Waals surface area contributed by atoms with Crippen LogP contribution in [0, 0.1) is 0 Å². The van der Waals surface area contributed by atoms with Crippen LogP contribution < -0.4 is 0 Å². The molecule has 0 N–H and O–H groups in total.